The Balaban J connectivity index is 1.71. The number of nitrogens with zero attached hydrogens (tertiary/aromatic N) is 1. The van der Waals surface area contributed by atoms with Crippen LogP contribution in [-0.4, -0.2) is 10.9 Å². The van der Waals surface area contributed by atoms with Crippen LogP contribution < -0.4 is 10.6 Å². The molecule has 1 aromatic carbocycles. The minimum Gasteiger partial charge on any atom is -0.338 e. The van der Waals surface area contributed by atoms with Gasteiger partial charge in [-0.2, -0.15) is 0 Å². The largest absolute Gasteiger partial charge is 0.338 e. The van der Waals surface area contributed by atoms with E-state index in [0.717, 1.165) is 12.1 Å². The molecule has 3 rings (SSSR count). The number of anilines is 3. The SMILES string of the molecule is O=C(Nc1ccc(Nc2ccc(F)c(F)c2F)nc1)c1cccs1. The van der Waals surface area contributed by atoms with E-state index in [1.807, 2.05) is 0 Å². The van der Waals surface area contributed by atoms with Crippen molar-refractivity contribution in [1.29, 1.82) is 0 Å². The zero-order valence-corrected chi connectivity index (χ0v) is 12.8. The molecule has 0 saturated carbocycles. The van der Waals surface area contributed by atoms with Gasteiger partial charge in [-0.15, -0.1) is 11.3 Å². The number of halogens is 3. The maximum Gasteiger partial charge on any atom is 0.265 e. The van der Waals surface area contributed by atoms with Crippen LogP contribution in [0.5, 0.6) is 0 Å². The summed E-state index contributed by atoms with van der Waals surface area (Å²) in [5, 5.41) is 6.99. The van der Waals surface area contributed by atoms with Gasteiger partial charge in [-0.05, 0) is 35.7 Å². The number of hydrogen-bond donors (Lipinski definition) is 2. The number of hydrogen-bond acceptors (Lipinski definition) is 4. The monoisotopic (exact) mass is 349 g/mol. The molecular formula is C16H10F3N3OS. The second-order valence-corrected chi connectivity index (χ2v) is 5.66. The summed E-state index contributed by atoms with van der Waals surface area (Å²) >= 11 is 1.31. The molecular weight excluding hydrogens is 339 g/mol. The Morgan fingerprint density at radius 2 is 1.88 bits per heavy atom. The zero-order chi connectivity index (χ0) is 17.1. The lowest BCUT2D eigenvalue weighted by atomic mass is 10.2. The quantitative estimate of drug-likeness (QED) is 0.679. The van der Waals surface area contributed by atoms with Gasteiger partial charge < -0.3 is 10.6 Å². The van der Waals surface area contributed by atoms with Gasteiger partial charge in [0.15, 0.2) is 17.5 Å². The van der Waals surface area contributed by atoms with Crippen LogP contribution in [0, 0.1) is 17.5 Å². The number of nitrogens with one attached hydrogen (secondary N) is 2. The molecule has 0 unspecified atom stereocenters. The van der Waals surface area contributed by atoms with Crippen molar-refractivity contribution in [1.82, 2.24) is 4.98 Å². The van der Waals surface area contributed by atoms with E-state index < -0.39 is 17.5 Å². The summed E-state index contributed by atoms with van der Waals surface area (Å²) in [7, 11) is 0. The second-order valence-electron chi connectivity index (χ2n) is 4.71. The smallest absolute Gasteiger partial charge is 0.265 e. The highest BCUT2D eigenvalue weighted by atomic mass is 32.1. The van der Waals surface area contributed by atoms with Crippen LogP contribution in [0.2, 0.25) is 0 Å². The van der Waals surface area contributed by atoms with Crippen LogP contribution in [0.25, 0.3) is 0 Å². The van der Waals surface area contributed by atoms with Crippen LogP contribution >= 0.6 is 11.3 Å². The fourth-order valence-corrected chi connectivity index (χ4v) is 2.52. The van der Waals surface area contributed by atoms with E-state index in [1.54, 1.807) is 23.6 Å². The predicted molar refractivity (Wildman–Crippen MR) is 86.1 cm³/mol. The third kappa shape index (κ3) is 3.38. The first kappa shape index (κ1) is 16.0. The molecule has 3 aromatic rings. The van der Waals surface area contributed by atoms with E-state index in [1.165, 1.54) is 23.6 Å². The molecule has 1 amide bonds. The Morgan fingerprint density at radius 1 is 1.04 bits per heavy atom. The molecule has 2 aromatic heterocycles. The molecule has 8 heteroatoms. The number of carbonyl (C=O) groups is 1. The van der Waals surface area contributed by atoms with Crippen molar-refractivity contribution in [2.75, 3.05) is 10.6 Å². The molecule has 2 heterocycles. The predicted octanol–water partition coefficient (Wildman–Crippen LogP) is 4.56. The average Bonchev–Trinajstić information content (AvgIpc) is 3.12. The Hall–Kier alpha value is -2.87. The lowest BCUT2D eigenvalue weighted by molar-refractivity contribution is 0.103. The van der Waals surface area contributed by atoms with Crippen molar-refractivity contribution in [2.24, 2.45) is 0 Å². The van der Waals surface area contributed by atoms with Gasteiger partial charge in [-0.1, -0.05) is 6.07 Å². The highest BCUT2D eigenvalue weighted by Gasteiger charge is 2.14. The lowest BCUT2D eigenvalue weighted by Gasteiger charge is -2.09. The number of rotatable bonds is 4. The topological polar surface area (TPSA) is 54.0 Å². The van der Waals surface area contributed by atoms with Crippen molar-refractivity contribution in [3.05, 3.63) is 70.3 Å². The fourth-order valence-electron chi connectivity index (χ4n) is 1.90. The van der Waals surface area contributed by atoms with Gasteiger partial charge in [-0.25, -0.2) is 18.2 Å². The van der Waals surface area contributed by atoms with E-state index in [9.17, 15) is 18.0 Å². The summed E-state index contributed by atoms with van der Waals surface area (Å²) in [6, 6.07) is 8.37. The Morgan fingerprint density at radius 3 is 2.54 bits per heavy atom. The van der Waals surface area contributed by atoms with Gasteiger partial charge in [0, 0.05) is 0 Å². The van der Waals surface area contributed by atoms with Crippen LogP contribution in [0.15, 0.2) is 48.0 Å². The molecule has 0 aliphatic heterocycles. The van der Waals surface area contributed by atoms with Crippen molar-refractivity contribution >= 4 is 34.4 Å². The van der Waals surface area contributed by atoms with E-state index in [-0.39, 0.29) is 17.4 Å². The first-order chi connectivity index (χ1) is 11.5. The molecule has 0 radical (unpaired) electrons. The minimum absolute atomic E-state index is 0.217. The second kappa shape index (κ2) is 6.71. The van der Waals surface area contributed by atoms with E-state index >= 15 is 0 Å². The number of aromatic nitrogens is 1. The Labute approximate surface area is 139 Å². The number of thiophene rings is 1. The van der Waals surface area contributed by atoms with Gasteiger partial charge in [-0.3, -0.25) is 4.79 Å². The molecule has 0 aliphatic carbocycles. The van der Waals surface area contributed by atoms with Crippen molar-refractivity contribution < 1.29 is 18.0 Å². The number of pyridine rings is 1. The van der Waals surface area contributed by atoms with Crippen LogP contribution in [0.4, 0.5) is 30.4 Å². The lowest BCUT2D eigenvalue weighted by Crippen LogP contribution is -2.10. The molecule has 0 aliphatic rings. The molecule has 122 valence electrons. The maximum atomic E-state index is 13.6. The Kier molecular flexibility index (Phi) is 4.48. The van der Waals surface area contributed by atoms with Crippen molar-refractivity contribution in [3.63, 3.8) is 0 Å². The normalized spacial score (nSPS) is 10.5. The van der Waals surface area contributed by atoms with Gasteiger partial charge >= 0.3 is 0 Å². The number of amides is 1. The summed E-state index contributed by atoms with van der Waals surface area (Å²) in [6.07, 6.45) is 1.37. The van der Waals surface area contributed by atoms with Crippen LogP contribution in [0.3, 0.4) is 0 Å². The van der Waals surface area contributed by atoms with Crippen molar-refractivity contribution in [2.45, 2.75) is 0 Å². The van der Waals surface area contributed by atoms with E-state index in [0.29, 0.717) is 10.6 Å². The molecule has 0 bridgehead atoms. The third-order valence-corrected chi connectivity index (χ3v) is 3.93. The van der Waals surface area contributed by atoms with Crippen molar-refractivity contribution in [3.8, 4) is 0 Å². The van der Waals surface area contributed by atoms with Gasteiger partial charge in [0.2, 0.25) is 0 Å². The molecule has 0 saturated heterocycles. The molecule has 0 fully saturated rings. The molecule has 0 atom stereocenters. The Bertz CT molecular complexity index is 867. The molecule has 4 nitrogen and oxygen atoms in total. The summed E-state index contributed by atoms with van der Waals surface area (Å²) in [5.74, 6) is -4.20. The van der Waals surface area contributed by atoms with Gasteiger partial charge in [0.25, 0.3) is 5.91 Å². The third-order valence-electron chi connectivity index (χ3n) is 3.06. The zero-order valence-electron chi connectivity index (χ0n) is 12.0. The van der Waals surface area contributed by atoms with Crippen LogP contribution in [-0.2, 0) is 0 Å². The summed E-state index contributed by atoms with van der Waals surface area (Å²) < 4.78 is 39.7. The molecule has 2 N–H and O–H groups in total. The highest BCUT2D eigenvalue weighted by molar-refractivity contribution is 7.12. The summed E-state index contributed by atoms with van der Waals surface area (Å²) in [5.41, 5.74) is 0.210. The average molecular weight is 349 g/mol. The first-order valence-electron chi connectivity index (χ1n) is 6.76. The molecule has 24 heavy (non-hydrogen) atoms. The summed E-state index contributed by atoms with van der Waals surface area (Å²) in [6.45, 7) is 0. The highest BCUT2D eigenvalue weighted by Crippen LogP contribution is 2.23. The maximum absolute atomic E-state index is 13.6. The first-order valence-corrected chi connectivity index (χ1v) is 7.64. The number of benzene rings is 1. The fraction of sp³-hybridized carbons (Fsp3) is 0. The van der Waals surface area contributed by atoms with E-state index in [2.05, 4.69) is 15.6 Å². The minimum atomic E-state index is -1.56. The number of carbonyl (C=O) groups excluding carboxylic acids is 1. The van der Waals surface area contributed by atoms with Crippen LogP contribution in [0.1, 0.15) is 9.67 Å². The van der Waals surface area contributed by atoms with E-state index in [4.69, 9.17) is 0 Å². The standard InChI is InChI=1S/C16H10F3N3OS/c17-10-4-5-11(15(19)14(10)18)22-13-6-3-9(8-20-13)21-16(23)12-2-1-7-24-12/h1-8H,(H,20,22)(H,21,23). The van der Waals surface area contributed by atoms with Gasteiger partial charge in [0.1, 0.15) is 5.82 Å². The molecule has 0 spiro atoms. The van der Waals surface area contributed by atoms with Gasteiger partial charge in [0.05, 0.1) is 22.4 Å². The summed E-state index contributed by atoms with van der Waals surface area (Å²) in [4.78, 5) is 16.4.